The van der Waals surface area contributed by atoms with Crippen LogP contribution in [0.1, 0.15) is 17.0 Å². The second-order valence-electron chi connectivity index (χ2n) is 4.25. The molecule has 5 heteroatoms. The summed E-state index contributed by atoms with van der Waals surface area (Å²) in [6.07, 6.45) is 0. The summed E-state index contributed by atoms with van der Waals surface area (Å²) in [5, 5.41) is -0.135. The van der Waals surface area contributed by atoms with Crippen molar-refractivity contribution in [2.45, 2.75) is 30.8 Å². The van der Waals surface area contributed by atoms with Gasteiger partial charge in [0.1, 0.15) is 0 Å². The minimum Gasteiger partial charge on any atom is -0.223 e. The molecule has 0 N–H and O–H groups in total. The van der Waals surface area contributed by atoms with E-state index in [0.29, 0.717) is 11.4 Å². The van der Waals surface area contributed by atoms with Crippen LogP contribution in [0.3, 0.4) is 0 Å². The van der Waals surface area contributed by atoms with Crippen molar-refractivity contribution in [3.8, 4) is 0 Å². The van der Waals surface area contributed by atoms with Crippen LogP contribution in [0.5, 0.6) is 0 Å². The zero-order chi connectivity index (χ0) is 13.3. The highest BCUT2D eigenvalue weighted by molar-refractivity contribution is 7.91. The van der Waals surface area contributed by atoms with E-state index < -0.39 is 9.84 Å². The SMILES string of the molecule is Cc1ccc(S(=O)(=O)c2nc(C)cc(C)n2)cc1. The van der Waals surface area contributed by atoms with Crippen molar-refractivity contribution in [3.05, 3.63) is 47.3 Å². The molecule has 94 valence electrons. The van der Waals surface area contributed by atoms with Gasteiger partial charge in [0.05, 0.1) is 4.90 Å². The zero-order valence-corrected chi connectivity index (χ0v) is 11.3. The Labute approximate surface area is 107 Å². The van der Waals surface area contributed by atoms with Crippen LogP contribution < -0.4 is 0 Å². The molecule has 1 aromatic heterocycles. The van der Waals surface area contributed by atoms with E-state index in [-0.39, 0.29) is 10.1 Å². The number of hydrogen-bond donors (Lipinski definition) is 0. The molecule has 0 spiro atoms. The molecule has 0 aliphatic carbocycles. The predicted octanol–water partition coefficient (Wildman–Crippen LogP) is 2.23. The Morgan fingerprint density at radius 2 is 1.39 bits per heavy atom. The van der Waals surface area contributed by atoms with Crippen molar-refractivity contribution in [2.75, 3.05) is 0 Å². The summed E-state index contributed by atoms with van der Waals surface area (Å²) in [6.45, 7) is 5.41. The van der Waals surface area contributed by atoms with Gasteiger partial charge in [-0.25, -0.2) is 18.4 Å². The van der Waals surface area contributed by atoms with Gasteiger partial charge in [0.25, 0.3) is 5.16 Å². The average molecular weight is 262 g/mol. The number of rotatable bonds is 2. The van der Waals surface area contributed by atoms with E-state index in [1.54, 1.807) is 44.2 Å². The molecule has 2 rings (SSSR count). The molecule has 0 saturated carbocycles. The van der Waals surface area contributed by atoms with E-state index in [1.165, 1.54) is 0 Å². The fourth-order valence-corrected chi connectivity index (χ4v) is 2.87. The first kappa shape index (κ1) is 12.7. The van der Waals surface area contributed by atoms with Crippen molar-refractivity contribution < 1.29 is 8.42 Å². The first-order valence-corrected chi connectivity index (χ1v) is 7.02. The number of sulfone groups is 1. The van der Waals surface area contributed by atoms with Gasteiger partial charge in [-0.3, -0.25) is 0 Å². The lowest BCUT2D eigenvalue weighted by Gasteiger charge is -2.05. The molecule has 0 fully saturated rings. The van der Waals surface area contributed by atoms with Crippen LogP contribution >= 0.6 is 0 Å². The molecule has 4 nitrogen and oxygen atoms in total. The molecule has 0 saturated heterocycles. The van der Waals surface area contributed by atoms with Gasteiger partial charge in [-0.1, -0.05) is 17.7 Å². The standard InChI is InChI=1S/C13H14N2O2S/c1-9-4-6-12(7-5-9)18(16,17)13-14-10(2)8-11(3)15-13/h4-8H,1-3H3. The summed E-state index contributed by atoms with van der Waals surface area (Å²) in [4.78, 5) is 8.23. The van der Waals surface area contributed by atoms with E-state index in [2.05, 4.69) is 9.97 Å². The molecular weight excluding hydrogens is 248 g/mol. The lowest BCUT2D eigenvalue weighted by atomic mass is 10.2. The molecule has 0 aliphatic rings. The molecule has 2 aromatic rings. The zero-order valence-electron chi connectivity index (χ0n) is 10.5. The fraction of sp³-hybridized carbons (Fsp3) is 0.231. The van der Waals surface area contributed by atoms with Crippen LogP contribution in [-0.2, 0) is 9.84 Å². The Hall–Kier alpha value is -1.75. The molecule has 1 heterocycles. The second-order valence-corrected chi connectivity index (χ2v) is 6.09. The van der Waals surface area contributed by atoms with Crippen molar-refractivity contribution in [2.24, 2.45) is 0 Å². The molecule has 0 aliphatic heterocycles. The van der Waals surface area contributed by atoms with Crippen molar-refractivity contribution in [1.82, 2.24) is 9.97 Å². The van der Waals surface area contributed by atoms with Crippen LogP contribution in [0.25, 0.3) is 0 Å². The second kappa shape index (κ2) is 4.49. The third-order valence-corrected chi connectivity index (χ3v) is 4.09. The maximum atomic E-state index is 12.3. The highest BCUT2D eigenvalue weighted by Gasteiger charge is 2.21. The Bertz CT molecular complexity index is 656. The molecular formula is C13H14N2O2S. The monoisotopic (exact) mass is 262 g/mol. The molecule has 0 amide bonds. The van der Waals surface area contributed by atoms with Gasteiger partial charge in [0.2, 0.25) is 9.84 Å². The Kier molecular flexibility index (Phi) is 3.17. The van der Waals surface area contributed by atoms with Crippen LogP contribution in [0.2, 0.25) is 0 Å². The first-order chi connectivity index (χ1) is 8.39. The minimum absolute atomic E-state index is 0.135. The normalized spacial score (nSPS) is 11.5. The lowest BCUT2D eigenvalue weighted by molar-refractivity contribution is 0.585. The van der Waals surface area contributed by atoms with Crippen molar-refractivity contribution >= 4 is 9.84 Å². The van der Waals surface area contributed by atoms with Crippen LogP contribution in [0.4, 0.5) is 0 Å². The third kappa shape index (κ3) is 2.41. The van der Waals surface area contributed by atoms with Crippen LogP contribution in [0.15, 0.2) is 40.4 Å². The van der Waals surface area contributed by atoms with Crippen molar-refractivity contribution in [1.29, 1.82) is 0 Å². The largest absolute Gasteiger partial charge is 0.252 e. The summed E-state index contributed by atoms with van der Waals surface area (Å²) < 4.78 is 24.6. The third-order valence-electron chi connectivity index (χ3n) is 2.53. The summed E-state index contributed by atoms with van der Waals surface area (Å²) in [5.41, 5.74) is 2.30. The van der Waals surface area contributed by atoms with Gasteiger partial charge in [0.15, 0.2) is 0 Å². The molecule has 1 aromatic carbocycles. The average Bonchev–Trinajstić information content (AvgIpc) is 2.28. The Morgan fingerprint density at radius 3 is 1.89 bits per heavy atom. The molecule has 0 bridgehead atoms. The minimum atomic E-state index is -3.62. The number of hydrogen-bond acceptors (Lipinski definition) is 4. The Balaban J connectivity index is 2.57. The van der Waals surface area contributed by atoms with Crippen molar-refractivity contribution in [3.63, 3.8) is 0 Å². The van der Waals surface area contributed by atoms with Gasteiger partial charge in [-0.05, 0) is 39.0 Å². The molecule has 18 heavy (non-hydrogen) atoms. The van der Waals surface area contributed by atoms with Gasteiger partial charge >= 0.3 is 0 Å². The van der Waals surface area contributed by atoms with E-state index in [0.717, 1.165) is 5.56 Å². The highest BCUT2D eigenvalue weighted by atomic mass is 32.2. The summed E-state index contributed by atoms with van der Waals surface area (Å²) in [5.74, 6) is 0. The summed E-state index contributed by atoms with van der Waals surface area (Å²) in [6, 6.07) is 8.41. The predicted molar refractivity (Wildman–Crippen MR) is 68.1 cm³/mol. The molecule has 0 unspecified atom stereocenters. The topological polar surface area (TPSA) is 59.9 Å². The van der Waals surface area contributed by atoms with E-state index in [9.17, 15) is 8.42 Å². The quantitative estimate of drug-likeness (QED) is 0.779. The maximum absolute atomic E-state index is 12.3. The van der Waals surface area contributed by atoms with Crippen LogP contribution in [0, 0.1) is 20.8 Å². The number of aromatic nitrogens is 2. The van der Waals surface area contributed by atoms with Crippen LogP contribution in [-0.4, -0.2) is 18.4 Å². The molecule has 0 radical (unpaired) electrons. The fourth-order valence-electron chi connectivity index (χ4n) is 1.64. The Morgan fingerprint density at radius 1 is 0.889 bits per heavy atom. The number of nitrogens with zero attached hydrogens (tertiary/aromatic N) is 2. The number of aryl methyl sites for hydroxylation is 3. The van der Waals surface area contributed by atoms with Gasteiger partial charge in [0, 0.05) is 11.4 Å². The lowest BCUT2D eigenvalue weighted by Crippen LogP contribution is -2.09. The highest BCUT2D eigenvalue weighted by Crippen LogP contribution is 2.18. The van der Waals surface area contributed by atoms with Gasteiger partial charge in [-0.15, -0.1) is 0 Å². The molecule has 0 atom stereocenters. The van der Waals surface area contributed by atoms with E-state index >= 15 is 0 Å². The van der Waals surface area contributed by atoms with E-state index in [1.807, 2.05) is 6.92 Å². The summed E-state index contributed by atoms with van der Waals surface area (Å²) >= 11 is 0. The van der Waals surface area contributed by atoms with E-state index in [4.69, 9.17) is 0 Å². The maximum Gasteiger partial charge on any atom is 0.252 e. The van der Waals surface area contributed by atoms with Gasteiger partial charge < -0.3 is 0 Å². The van der Waals surface area contributed by atoms with Gasteiger partial charge in [-0.2, -0.15) is 0 Å². The number of benzene rings is 1. The summed E-state index contributed by atoms with van der Waals surface area (Å²) in [7, 11) is -3.62. The smallest absolute Gasteiger partial charge is 0.223 e. The first-order valence-electron chi connectivity index (χ1n) is 5.53.